The van der Waals surface area contributed by atoms with Crippen LogP contribution in [0.4, 0.5) is 4.39 Å². The molecule has 1 aromatic carbocycles. The zero-order chi connectivity index (χ0) is 13.8. The lowest BCUT2D eigenvalue weighted by molar-refractivity contribution is 0.536. The van der Waals surface area contributed by atoms with Gasteiger partial charge in [-0.3, -0.25) is 0 Å². The van der Waals surface area contributed by atoms with Crippen LogP contribution < -0.4 is 5.32 Å². The Morgan fingerprint density at radius 3 is 2.89 bits per heavy atom. The number of nitrogens with zero attached hydrogens (tertiary/aromatic N) is 2. The maximum absolute atomic E-state index is 13.4. The van der Waals surface area contributed by atoms with Gasteiger partial charge in [-0.1, -0.05) is 30.7 Å². The van der Waals surface area contributed by atoms with E-state index in [-0.39, 0.29) is 16.9 Å². The van der Waals surface area contributed by atoms with Gasteiger partial charge in [-0.15, -0.1) is 0 Å². The van der Waals surface area contributed by atoms with Gasteiger partial charge in [0.15, 0.2) is 0 Å². The quantitative estimate of drug-likeness (QED) is 0.913. The molecular formula is C14H17ClFN3. The summed E-state index contributed by atoms with van der Waals surface area (Å²) < 4.78 is 15.3. The van der Waals surface area contributed by atoms with Crippen LogP contribution in [0.1, 0.15) is 24.2 Å². The molecule has 5 heteroatoms. The van der Waals surface area contributed by atoms with E-state index in [0.717, 1.165) is 17.8 Å². The molecule has 0 spiro atoms. The molecule has 1 N–H and O–H groups in total. The molecule has 19 heavy (non-hydrogen) atoms. The number of halogens is 2. The number of imidazole rings is 1. The minimum absolute atomic E-state index is 0.0329. The lowest BCUT2D eigenvalue weighted by Crippen LogP contribution is -2.23. The molecule has 0 aliphatic heterocycles. The van der Waals surface area contributed by atoms with Crippen molar-refractivity contribution in [2.75, 3.05) is 6.54 Å². The Morgan fingerprint density at radius 1 is 1.47 bits per heavy atom. The second-order valence-corrected chi connectivity index (χ2v) is 4.87. The summed E-state index contributed by atoms with van der Waals surface area (Å²) in [5.41, 5.74) is 1.72. The Bertz CT molecular complexity index is 553. The van der Waals surface area contributed by atoms with E-state index in [2.05, 4.69) is 10.3 Å². The molecule has 0 aliphatic carbocycles. The lowest BCUT2D eigenvalue weighted by atomic mass is 10.0. The number of likely N-dealkylation sites (N-methyl/N-ethyl adjacent to an activating group) is 1. The standard InChI is InChI=1S/C14H17ClFN3/c1-3-17-12(13-8-19(2)9-18-13)7-10-5-4-6-11(16)14(10)15/h4-6,8-9,12,17H,3,7H2,1-2H3. The first-order valence-corrected chi connectivity index (χ1v) is 6.63. The van der Waals surface area contributed by atoms with E-state index in [4.69, 9.17) is 11.6 Å². The number of aromatic nitrogens is 2. The fourth-order valence-corrected chi connectivity index (χ4v) is 2.27. The monoisotopic (exact) mass is 281 g/mol. The van der Waals surface area contributed by atoms with Crippen LogP contribution in [0, 0.1) is 5.82 Å². The van der Waals surface area contributed by atoms with Gasteiger partial charge in [0.05, 0.1) is 23.1 Å². The molecule has 1 unspecified atom stereocenters. The van der Waals surface area contributed by atoms with Crippen LogP contribution in [0.5, 0.6) is 0 Å². The third kappa shape index (κ3) is 3.33. The SMILES string of the molecule is CCNC(Cc1cccc(F)c1Cl)c1cn(C)cn1. The third-order valence-corrected chi connectivity index (χ3v) is 3.41. The molecule has 1 heterocycles. The van der Waals surface area contributed by atoms with E-state index in [0.29, 0.717) is 6.42 Å². The summed E-state index contributed by atoms with van der Waals surface area (Å²) in [7, 11) is 1.93. The Hall–Kier alpha value is -1.39. The molecule has 2 aromatic rings. The van der Waals surface area contributed by atoms with E-state index < -0.39 is 0 Å². The largest absolute Gasteiger partial charge is 0.340 e. The molecule has 1 aromatic heterocycles. The normalized spacial score (nSPS) is 12.6. The minimum atomic E-state index is -0.379. The maximum atomic E-state index is 13.4. The Morgan fingerprint density at radius 2 is 2.26 bits per heavy atom. The number of benzene rings is 1. The summed E-state index contributed by atoms with van der Waals surface area (Å²) >= 11 is 6.00. The van der Waals surface area contributed by atoms with Crippen LogP contribution in [-0.4, -0.2) is 16.1 Å². The summed E-state index contributed by atoms with van der Waals surface area (Å²) in [4.78, 5) is 4.35. The van der Waals surface area contributed by atoms with Gasteiger partial charge in [0.2, 0.25) is 0 Å². The Labute approximate surface area is 117 Å². The van der Waals surface area contributed by atoms with Gasteiger partial charge in [-0.05, 0) is 24.6 Å². The molecule has 3 nitrogen and oxygen atoms in total. The molecule has 0 saturated carbocycles. The van der Waals surface area contributed by atoms with Crippen LogP contribution in [0.25, 0.3) is 0 Å². The fraction of sp³-hybridized carbons (Fsp3) is 0.357. The van der Waals surface area contributed by atoms with E-state index in [1.165, 1.54) is 6.07 Å². The van der Waals surface area contributed by atoms with E-state index in [1.807, 2.05) is 30.8 Å². The lowest BCUT2D eigenvalue weighted by Gasteiger charge is -2.16. The first-order valence-electron chi connectivity index (χ1n) is 6.26. The number of hydrogen-bond donors (Lipinski definition) is 1. The van der Waals surface area contributed by atoms with Gasteiger partial charge in [-0.2, -0.15) is 0 Å². The first-order chi connectivity index (χ1) is 9.11. The highest BCUT2D eigenvalue weighted by Crippen LogP contribution is 2.25. The summed E-state index contributed by atoms with van der Waals surface area (Å²) in [6.07, 6.45) is 4.33. The fourth-order valence-electron chi connectivity index (χ4n) is 2.07. The van der Waals surface area contributed by atoms with Crippen molar-refractivity contribution in [3.63, 3.8) is 0 Å². The predicted molar refractivity (Wildman–Crippen MR) is 74.7 cm³/mol. The molecule has 1 atom stereocenters. The van der Waals surface area contributed by atoms with Crippen LogP contribution in [0.3, 0.4) is 0 Å². The number of nitrogens with one attached hydrogen (secondary N) is 1. The van der Waals surface area contributed by atoms with E-state index in [9.17, 15) is 4.39 Å². The minimum Gasteiger partial charge on any atom is -0.340 e. The van der Waals surface area contributed by atoms with Crippen molar-refractivity contribution in [3.8, 4) is 0 Å². The van der Waals surface area contributed by atoms with Gasteiger partial charge in [0.25, 0.3) is 0 Å². The van der Waals surface area contributed by atoms with Gasteiger partial charge < -0.3 is 9.88 Å². The maximum Gasteiger partial charge on any atom is 0.142 e. The highest BCUT2D eigenvalue weighted by molar-refractivity contribution is 6.31. The van der Waals surface area contributed by atoms with Crippen molar-refractivity contribution in [2.24, 2.45) is 7.05 Å². The average molecular weight is 282 g/mol. The van der Waals surface area contributed by atoms with Crippen molar-refractivity contribution >= 4 is 11.6 Å². The van der Waals surface area contributed by atoms with Crippen molar-refractivity contribution in [1.29, 1.82) is 0 Å². The summed E-state index contributed by atoms with van der Waals surface area (Å²) in [5.74, 6) is -0.379. The zero-order valence-corrected chi connectivity index (χ0v) is 11.8. The van der Waals surface area contributed by atoms with Gasteiger partial charge in [0.1, 0.15) is 5.82 Å². The van der Waals surface area contributed by atoms with Gasteiger partial charge in [0, 0.05) is 13.2 Å². The van der Waals surface area contributed by atoms with Crippen LogP contribution in [-0.2, 0) is 13.5 Å². The van der Waals surface area contributed by atoms with Gasteiger partial charge >= 0.3 is 0 Å². The van der Waals surface area contributed by atoms with Crippen LogP contribution in [0.15, 0.2) is 30.7 Å². The van der Waals surface area contributed by atoms with Crippen molar-refractivity contribution < 1.29 is 4.39 Å². The number of rotatable bonds is 5. The molecule has 0 saturated heterocycles. The molecule has 0 amide bonds. The highest BCUT2D eigenvalue weighted by atomic mass is 35.5. The highest BCUT2D eigenvalue weighted by Gasteiger charge is 2.16. The average Bonchev–Trinajstić information content (AvgIpc) is 2.81. The van der Waals surface area contributed by atoms with Crippen molar-refractivity contribution in [1.82, 2.24) is 14.9 Å². The van der Waals surface area contributed by atoms with Crippen molar-refractivity contribution in [3.05, 3.63) is 52.8 Å². The summed E-state index contributed by atoms with van der Waals surface area (Å²) in [6, 6.07) is 4.93. The van der Waals surface area contributed by atoms with E-state index >= 15 is 0 Å². The second-order valence-electron chi connectivity index (χ2n) is 4.49. The Kier molecular flexibility index (Phi) is 4.56. The topological polar surface area (TPSA) is 29.9 Å². The third-order valence-electron chi connectivity index (χ3n) is 2.99. The van der Waals surface area contributed by atoms with Gasteiger partial charge in [-0.25, -0.2) is 9.37 Å². The zero-order valence-electron chi connectivity index (χ0n) is 11.0. The number of hydrogen-bond acceptors (Lipinski definition) is 2. The molecular weight excluding hydrogens is 265 g/mol. The molecule has 0 aliphatic rings. The molecule has 2 rings (SSSR count). The number of aryl methyl sites for hydroxylation is 1. The molecule has 0 bridgehead atoms. The molecule has 0 radical (unpaired) electrons. The van der Waals surface area contributed by atoms with Crippen molar-refractivity contribution in [2.45, 2.75) is 19.4 Å². The summed E-state index contributed by atoms with van der Waals surface area (Å²) in [5, 5.41) is 3.55. The van der Waals surface area contributed by atoms with Crippen LogP contribution >= 0.6 is 11.6 Å². The Balaban J connectivity index is 2.23. The molecule has 0 fully saturated rings. The van der Waals surface area contributed by atoms with E-state index in [1.54, 1.807) is 12.4 Å². The van der Waals surface area contributed by atoms with Crippen LogP contribution in [0.2, 0.25) is 5.02 Å². The molecule has 102 valence electrons. The second kappa shape index (κ2) is 6.17. The first kappa shape index (κ1) is 14.0. The smallest absolute Gasteiger partial charge is 0.142 e. The predicted octanol–water partition coefficient (Wildman–Crippen LogP) is 3.11. The summed E-state index contributed by atoms with van der Waals surface area (Å²) in [6.45, 7) is 2.84.